The minimum atomic E-state index is 0.0320. The molecule has 26 heavy (non-hydrogen) atoms. The van der Waals surface area contributed by atoms with Crippen LogP contribution < -0.4 is 5.32 Å². The van der Waals surface area contributed by atoms with Gasteiger partial charge in [-0.3, -0.25) is 4.79 Å². The van der Waals surface area contributed by atoms with Gasteiger partial charge in [0, 0.05) is 22.7 Å². The van der Waals surface area contributed by atoms with Gasteiger partial charge in [0.1, 0.15) is 0 Å². The van der Waals surface area contributed by atoms with Crippen LogP contribution in [0.3, 0.4) is 0 Å². The average Bonchev–Trinajstić information content (AvgIpc) is 2.94. The van der Waals surface area contributed by atoms with Gasteiger partial charge in [0.2, 0.25) is 5.91 Å². The molecule has 134 valence electrons. The summed E-state index contributed by atoms with van der Waals surface area (Å²) in [7, 11) is 0. The quantitative estimate of drug-likeness (QED) is 0.666. The summed E-state index contributed by atoms with van der Waals surface area (Å²) in [4.78, 5) is 13.4. The number of hydrogen-bond donors (Lipinski definition) is 1. The first kappa shape index (κ1) is 18.3. The fourth-order valence-corrected chi connectivity index (χ4v) is 3.71. The first-order valence-corrected chi connectivity index (χ1v) is 9.60. The average molecular weight is 366 g/mol. The molecule has 0 unspecified atom stereocenters. The largest absolute Gasteiger partial charge is 0.351 e. The monoisotopic (exact) mass is 365 g/mol. The van der Waals surface area contributed by atoms with Gasteiger partial charge in [-0.15, -0.1) is 11.8 Å². The number of carbonyl (C=O) groups is 1. The van der Waals surface area contributed by atoms with Crippen LogP contribution in [0, 0.1) is 20.8 Å². The van der Waals surface area contributed by atoms with Crippen molar-refractivity contribution < 1.29 is 4.79 Å². The van der Waals surface area contributed by atoms with Gasteiger partial charge >= 0.3 is 0 Å². The lowest BCUT2D eigenvalue weighted by Gasteiger charge is -2.08. The van der Waals surface area contributed by atoms with Gasteiger partial charge in [0.05, 0.1) is 17.1 Å². The third-order valence-electron chi connectivity index (χ3n) is 4.36. The third kappa shape index (κ3) is 4.17. The Morgan fingerprint density at radius 1 is 1.04 bits per heavy atom. The molecule has 1 N–H and O–H groups in total. The summed E-state index contributed by atoms with van der Waals surface area (Å²) in [5.74, 6) is 0.444. The molecule has 1 heterocycles. The molecule has 0 radical (unpaired) electrons. The molecule has 0 fully saturated rings. The first-order chi connectivity index (χ1) is 12.6. The van der Waals surface area contributed by atoms with Gasteiger partial charge in [0.15, 0.2) is 0 Å². The predicted octanol–water partition coefficient (Wildman–Crippen LogP) is 4.21. The second-order valence-corrected chi connectivity index (χ2v) is 7.24. The molecule has 1 aromatic heterocycles. The molecule has 0 aliphatic heterocycles. The van der Waals surface area contributed by atoms with Gasteiger partial charge < -0.3 is 5.32 Å². The summed E-state index contributed by atoms with van der Waals surface area (Å²) in [6.45, 7) is 6.58. The van der Waals surface area contributed by atoms with Gasteiger partial charge in [0.25, 0.3) is 0 Å². The summed E-state index contributed by atoms with van der Waals surface area (Å²) >= 11 is 1.57. The molecule has 0 atom stereocenters. The standard InChI is InChI=1S/C21H23N3OS/c1-15-9-7-8-12-20(15)26-14-21(25)22-13-19-16(2)23-24(17(19)3)18-10-5-4-6-11-18/h4-12H,13-14H2,1-3H3,(H,22,25). The van der Waals surface area contributed by atoms with E-state index in [0.717, 1.165) is 27.5 Å². The number of carbonyl (C=O) groups excluding carboxylic acids is 1. The Morgan fingerprint density at radius 2 is 1.73 bits per heavy atom. The van der Waals surface area contributed by atoms with E-state index in [9.17, 15) is 4.79 Å². The van der Waals surface area contributed by atoms with Crippen molar-refractivity contribution in [3.63, 3.8) is 0 Å². The highest BCUT2D eigenvalue weighted by Gasteiger charge is 2.13. The summed E-state index contributed by atoms with van der Waals surface area (Å²) in [6.07, 6.45) is 0. The Hall–Kier alpha value is -2.53. The highest BCUT2D eigenvalue weighted by atomic mass is 32.2. The highest BCUT2D eigenvalue weighted by molar-refractivity contribution is 8.00. The molecule has 1 amide bonds. The van der Waals surface area contributed by atoms with Crippen LogP contribution in [0.5, 0.6) is 0 Å². The van der Waals surface area contributed by atoms with E-state index in [1.54, 1.807) is 11.8 Å². The number of aryl methyl sites for hydroxylation is 2. The fourth-order valence-electron chi connectivity index (χ4n) is 2.85. The Balaban J connectivity index is 1.62. The molecule has 0 bridgehead atoms. The van der Waals surface area contributed by atoms with E-state index in [-0.39, 0.29) is 5.91 Å². The molecule has 3 rings (SSSR count). The van der Waals surface area contributed by atoms with E-state index in [2.05, 4.69) is 23.4 Å². The molecule has 0 aliphatic carbocycles. The van der Waals surface area contributed by atoms with Crippen LogP contribution in [0.1, 0.15) is 22.5 Å². The molecule has 0 spiro atoms. The van der Waals surface area contributed by atoms with E-state index >= 15 is 0 Å². The van der Waals surface area contributed by atoms with Crippen LogP contribution in [0.4, 0.5) is 0 Å². The Labute approximate surface area is 158 Å². The third-order valence-corrected chi connectivity index (χ3v) is 5.53. The lowest BCUT2D eigenvalue weighted by atomic mass is 10.2. The first-order valence-electron chi connectivity index (χ1n) is 8.62. The summed E-state index contributed by atoms with van der Waals surface area (Å²) < 4.78 is 1.93. The zero-order valence-electron chi connectivity index (χ0n) is 15.3. The van der Waals surface area contributed by atoms with Crippen molar-refractivity contribution in [1.29, 1.82) is 0 Å². The maximum atomic E-state index is 12.2. The van der Waals surface area contributed by atoms with E-state index in [1.165, 1.54) is 5.56 Å². The van der Waals surface area contributed by atoms with E-state index in [4.69, 9.17) is 0 Å². The molecular formula is C21H23N3OS. The lowest BCUT2D eigenvalue weighted by Crippen LogP contribution is -2.25. The SMILES string of the molecule is Cc1ccccc1SCC(=O)NCc1c(C)nn(-c2ccccc2)c1C. The summed E-state index contributed by atoms with van der Waals surface area (Å²) in [5.41, 5.74) is 5.30. The van der Waals surface area contributed by atoms with E-state index in [0.29, 0.717) is 12.3 Å². The Kier molecular flexibility index (Phi) is 5.78. The molecule has 5 heteroatoms. The van der Waals surface area contributed by atoms with Crippen molar-refractivity contribution in [3.8, 4) is 5.69 Å². The van der Waals surface area contributed by atoms with Crippen molar-refractivity contribution in [1.82, 2.24) is 15.1 Å². The van der Waals surface area contributed by atoms with E-state index < -0.39 is 0 Å². The number of benzene rings is 2. The van der Waals surface area contributed by atoms with Crippen molar-refractivity contribution in [3.05, 3.63) is 77.1 Å². The molecule has 2 aromatic carbocycles. The number of amides is 1. The molecule has 4 nitrogen and oxygen atoms in total. The molecular weight excluding hydrogens is 342 g/mol. The normalized spacial score (nSPS) is 10.7. The zero-order chi connectivity index (χ0) is 18.5. The number of aromatic nitrogens is 2. The van der Waals surface area contributed by atoms with Gasteiger partial charge in [-0.1, -0.05) is 36.4 Å². The van der Waals surface area contributed by atoms with Gasteiger partial charge in [-0.25, -0.2) is 4.68 Å². The number of nitrogens with one attached hydrogen (secondary N) is 1. The summed E-state index contributed by atoms with van der Waals surface area (Å²) in [5, 5.41) is 7.65. The molecule has 3 aromatic rings. The number of thioether (sulfide) groups is 1. The van der Waals surface area contributed by atoms with Crippen LogP contribution >= 0.6 is 11.8 Å². The minimum Gasteiger partial charge on any atom is -0.351 e. The van der Waals surface area contributed by atoms with Crippen LogP contribution in [0.15, 0.2) is 59.5 Å². The Morgan fingerprint density at radius 3 is 2.46 bits per heavy atom. The molecule has 0 aliphatic rings. The van der Waals surface area contributed by atoms with Crippen LogP contribution in [-0.4, -0.2) is 21.4 Å². The predicted molar refractivity (Wildman–Crippen MR) is 107 cm³/mol. The van der Waals surface area contributed by atoms with Crippen LogP contribution in [0.25, 0.3) is 5.69 Å². The molecule has 0 saturated carbocycles. The second kappa shape index (κ2) is 8.23. The summed E-state index contributed by atoms with van der Waals surface area (Å²) in [6, 6.07) is 18.2. The van der Waals surface area contributed by atoms with Crippen molar-refractivity contribution >= 4 is 17.7 Å². The number of para-hydroxylation sites is 1. The second-order valence-electron chi connectivity index (χ2n) is 6.23. The topological polar surface area (TPSA) is 46.9 Å². The fraction of sp³-hybridized carbons (Fsp3) is 0.238. The Bertz CT molecular complexity index is 903. The van der Waals surface area contributed by atoms with Crippen molar-refractivity contribution in [2.45, 2.75) is 32.2 Å². The maximum Gasteiger partial charge on any atom is 0.230 e. The molecule has 0 saturated heterocycles. The van der Waals surface area contributed by atoms with Crippen LogP contribution in [0.2, 0.25) is 0 Å². The number of rotatable bonds is 6. The van der Waals surface area contributed by atoms with E-state index in [1.807, 2.05) is 67.1 Å². The number of hydrogen-bond acceptors (Lipinski definition) is 3. The lowest BCUT2D eigenvalue weighted by molar-refractivity contribution is -0.118. The highest BCUT2D eigenvalue weighted by Crippen LogP contribution is 2.22. The van der Waals surface area contributed by atoms with Gasteiger partial charge in [-0.2, -0.15) is 5.10 Å². The minimum absolute atomic E-state index is 0.0320. The van der Waals surface area contributed by atoms with Crippen LogP contribution in [-0.2, 0) is 11.3 Å². The smallest absolute Gasteiger partial charge is 0.230 e. The van der Waals surface area contributed by atoms with Crippen molar-refractivity contribution in [2.24, 2.45) is 0 Å². The number of nitrogens with zero attached hydrogens (tertiary/aromatic N) is 2. The van der Waals surface area contributed by atoms with Gasteiger partial charge in [-0.05, 0) is 44.5 Å². The zero-order valence-corrected chi connectivity index (χ0v) is 16.1. The maximum absolute atomic E-state index is 12.2. The van der Waals surface area contributed by atoms with Crippen molar-refractivity contribution in [2.75, 3.05) is 5.75 Å².